The summed E-state index contributed by atoms with van der Waals surface area (Å²) < 4.78 is 13.2. The van der Waals surface area contributed by atoms with E-state index in [-0.39, 0.29) is 11.5 Å². The number of hydrogen-bond acceptors (Lipinski definition) is 4. The third kappa shape index (κ3) is 2.91. The molecule has 2 aliphatic heterocycles. The number of benzene rings is 1. The highest BCUT2D eigenvalue weighted by Gasteiger charge is 2.44. The van der Waals surface area contributed by atoms with Crippen molar-refractivity contribution in [3.05, 3.63) is 47.3 Å². The van der Waals surface area contributed by atoms with Crippen molar-refractivity contribution in [3.63, 3.8) is 0 Å². The van der Waals surface area contributed by atoms with Crippen molar-refractivity contribution in [1.29, 1.82) is 0 Å². The van der Waals surface area contributed by atoms with Gasteiger partial charge in [-0.05, 0) is 24.5 Å². The molecule has 2 aliphatic rings. The number of amides is 1. The van der Waals surface area contributed by atoms with Crippen LogP contribution in [0, 0.1) is 0 Å². The van der Waals surface area contributed by atoms with Gasteiger partial charge in [-0.3, -0.25) is 9.48 Å². The molecule has 0 bridgehead atoms. The molecule has 1 aromatic heterocycles. The van der Waals surface area contributed by atoms with E-state index in [0.717, 1.165) is 25.0 Å². The summed E-state index contributed by atoms with van der Waals surface area (Å²) in [5, 5.41) is 4.34. The van der Waals surface area contributed by atoms with E-state index < -0.39 is 0 Å². The molecular weight excluding hydrogens is 318 g/mol. The van der Waals surface area contributed by atoms with Crippen LogP contribution in [-0.4, -0.2) is 46.4 Å². The fourth-order valence-corrected chi connectivity index (χ4v) is 3.89. The lowest BCUT2D eigenvalue weighted by Gasteiger charge is -2.35. The van der Waals surface area contributed by atoms with Gasteiger partial charge >= 0.3 is 0 Å². The summed E-state index contributed by atoms with van der Waals surface area (Å²) in [7, 11) is 3.43. The molecule has 1 saturated heterocycles. The molecule has 1 spiro atoms. The normalized spacial score (nSPS) is 22.1. The number of fused-ring (bicyclic) bond motifs is 1. The minimum absolute atomic E-state index is 0.0134. The second-order valence-electron chi connectivity index (χ2n) is 6.97. The number of methoxy groups -OCH3 is 1. The van der Waals surface area contributed by atoms with Gasteiger partial charge in [0.25, 0.3) is 5.91 Å². The standard InChI is InChI=1S/C19H23N3O3/c1-21-11-15(16(20-21)12-24-2)18(23)22-10-9-19(13-22)8-7-14-5-3-4-6-17(14)25-19/h3-6,11H,7-10,12-13H2,1-2H3. The van der Waals surface area contributed by atoms with Gasteiger partial charge in [-0.25, -0.2) is 0 Å². The second-order valence-corrected chi connectivity index (χ2v) is 6.97. The zero-order valence-electron chi connectivity index (χ0n) is 14.7. The predicted octanol–water partition coefficient (Wildman–Crippen LogP) is 2.18. The topological polar surface area (TPSA) is 56.6 Å². The van der Waals surface area contributed by atoms with Crippen LogP contribution in [0.1, 0.15) is 34.5 Å². The molecule has 1 amide bonds. The molecule has 3 heterocycles. The van der Waals surface area contributed by atoms with Gasteiger partial charge in [0, 0.05) is 33.3 Å². The van der Waals surface area contributed by atoms with Crippen LogP contribution in [0.25, 0.3) is 0 Å². The van der Waals surface area contributed by atoms with Gasteiger partial charge in [-0.2, -0.15) is 5.10 Å². The minimum Gasteiger partial charge on any atom is -0.485 e. The van der Waals surface area contributed by atoms with E-state index in [0.29, 0.717) is 31.0 Å². The lowest BCUT2D eigenvalue weighted by molar-refractivity contribution is 0.0483. The zero-order chi connectivity index (χ0) is 17.4. The van der Waals surface area contributed by atoms with Crippen LogP contribution in [0.4, 0.5) is 0 Å². The van der Waals surface area contributed by atoms with Crippen LogP contribution in [0.15, 0.2) is 30.5 Å². The molecule has 1 aromatic carbocycles. The van der Waals surface area contributed by atoms with E-state index in [2.05, 4.69) is 11.2 Å². The smallest absolute Gasteiger partial charge is 0.257 e. The van der Waals surface area contributed by atoms with Crippen LogP contribution in [0.3, 0.4) is 0 Å². The van der Waals surface area contributed by atoms with E-state index in [4.69, 9.17) is 9.47 Å². The zero-order valence-corrected chi connectivity index (χ0v) is 14.7. The van der Waals surface area contributed by atoms with Crippen molar-refractivity contribution in [1.82, 2.24) is 14.7 Å². The number of ether oxygens (including phenoxy) is 2. The molecule has 1 atom stereocenters. The fourth-order valence-electron chi connectivity index (χ4n) is 3.89. The Kier molecular flexibility index (Phi) is 4.00. The van der Waals surface area contributed by atoms with Crippen molar-refractivity contribution >= 4 is 5.91 Å². The van der Waals surface area contributed by atoms with Crippen molar-refractivity contribution < 1.29 is 14.3 Å². The summed E-state index contributed by atoms with van der Waals surface area (Å²) in [6.45, 7) is 1.68. The number of likely N-dealkylation sites (tertiary alicyclic amines) is 1. The SMILES string of the molecule is COCc1nn(C)cc1C(=O)N1CCC2(CCc3ccccc3O2)C1. The third-order valence-electron chi connectivity index (χ3n) is 5.17. The molecule has 0 aliphatic carbocycles. The third-order valence-corrected chi connectivity index (χ3v) is 5.17. The van der Waals surface area contributed by atoms with E-state index >= 15 is 0 Å². The number of carbonyl (C=O) groups is 1. The molecule has 4 rings (SSSR count). The summed E-state index contributed by atoms with van der Waals surface area (Å²) in [6.07, 6.45) is 4.59. The number of carbonyl (C=O) groups excluding carboxylic acids is 1. The highest BCUT2D eigenvalue weighted by atomic mass is 16.5. The average Bonchev–Trinajstić information content (AvgIpc) is 3.18. The number of para-hydroxylation sites is 1. The first-order valence-electron chi connectivity index (χ1n) is 8.68. The van der Waals surface area contributed by atoms with Crippen molar-refractivity contribution in [2.24, 2.45) is 7.05 Å². The van der Waals surface area contributed by atoms with E-state index in [1.165, 1.54) is 5.56 Å². The molecular formula is C19H23N3O3. The molecule has 0 saturated carbocycles. The van der Waals surface area contributed by atoms with Gasteiger partial charge < -0.3 is 14.4 Å². The molecule has 0 N–H and O–H groups in total. The van der Waals surface area contributed by atoms with Crippen LogP contribution in [-0.2, 0) is 24.8 Å². The quantitative estimate of drug-likeness (QED) is 0.859. The Morgan fingerprint density at radius 3 is 3.04 bits per heavy atom. The Bertz CT molecular complexity index is 801. The summed E-state index contributed by atoms with van der Waals surface area (Å²) in [6, 6.07) is 8.19. The summed E-state index contributed by atoms with van der Waals surface area (Å²) in [5.41, 5.74) is 2.31. The van der Waals surface area contributed by atoms with Crippen LogP contribution in [0.5, 0.6) is 5.75 Å². The minimum atomic E-state index is -0.256. The first-order valence-corrected chi connectivity index (χ1v) is 8.68. The first-order chi connectivity index (χ1) is 12.1. The number of aromatic nitrogens is 2. The average molecular weight is 341 g/mol. The fraction of sp³-hybridized carbons (Fsp3) is 0.474. The van der Waals surface area contributed by atoms with E-state index in [1.54, 1.807) is 18.0 Å². The maximum absolute atomic E-state index is 13.0. The lowest BCUT2D eigenvalue weighted by atomic mass is 9.90. The number of nitrogens with zero attached hydrogens (tertiary/aromatic N) is 3. The molecule has 6 nitrogen and oxygen atoms in total. The molecule has 0 radical (unpaired) electrons. The Labute approximate surface area is 147 Å². The van der Waals surface area contributed by atoms with Gasteiger partial charge in [0.05, 0.1) is 18.7 Å². The Morgan fingerprint density at radius 2 is 2.20 bits per heavy atom. The predicted molar refractivity (Wildman–Crippen MR) is 92.6 cm³/mol. The molecule has 1 unspecified atom stereocenters. The van der Waals surface area contributed by atoms with Gasteiger partial charge in [0.1, 0.15) is 17.0 Å². The highest BCUT2D eigenvalue weighted by molar-refractivity contribution is 5.95. The molecule has 1 fully saturated rings. The molecule has 6 heteroatoms. The number of rotatable bonds is 3. The van der Waals surface area contributed by atoms with Crippen molar-refractivity contribution in [2.45, 2.75) is 31.5 Å². The Balaban J connectivity index is 1.52. The number of hydrogen-bond donors (Lipinski definition) is 0. The van der Waals surface area contributed by atoms with Crippen LogP contribution >= 0.6 is 0 Å². The van der Waals surface area contributed by atoms with Gasteiger partial charge in [0.15, 0.2) is 0 Å². The highest BCUT2D eigenvalue weighted by Crippen LogP contribution is 2.39. The first kappa shape index (κ1) is 16.1. The maximum atomic E-state index is 13.0. The van der Waals surface area contributed by atoms with Crippen molar-refractivity contribution in [3.8, 4) is 5.75 Å². The maximum Gasteiger partial charge on any atom is 0.257 e. The van der Waals surface area contributed by atoms with Gasteiger partial charge in [0.2, 0.25) is 0 Å². The lowest BCUT2D eigenvalue weighted by Crippen LogP contribution is -2.43. The second kappa shape index (κ2) is 6.19. The Morgan fingerprint density at radius 1 is 1.36 bits per heavy atom. The monoisotopic (exact) mass is 341 g/mol. The number of aryl methyl sites for hydroxylation is 2. The summed E-state index contributed by atoms with van der Waals surface area (Å²) >= 11 is 0. The van der Waals surface area contributed by atoms with Gasteiger partial charge in [-0.15, -0.1) is 0 Å². The summed E-state index contributed by atoms with van der Waals surface area (Å²) in [4.78, 5) is 14.9. The van der Waals surface area contributed by atoms with E-state index in [9.17, 15) is 4.79 Å². The largest absolute Gasteiger partial charge is 0.485 e. The van der Waals surface area contributed by atoms with Crippen molar-refractivity contribution in [2.75, 3.05) is 20.2 Å². The van der Waals surface area contributed by atoms with Crippen LogP contribution < -0.4 is 4.74 Å². The summed E-state index contributed by atoms with van der Waals surface area (Å²) in [5.74, 6) is 0.976. The van der Waals surface area contributed by atoms with E-state index in [1.807, 2.05) is 30.1 Å². The van der Waals surface area contributed by atoms with Gasteiger partial charge in [-0.1, -0.05) is 18.2 Å². The molecule has 132 valence electrons. The molecule has 2 aromatic rings. The van der Waals surface area contributed by atoms with Crippen LogP contribution in [0.2, 0.25) is 0 Å². The Hall–Kier alpha value is -2.34. The molecule has 25 heavy (non-hydrogen) atoms.